The smallest absolute Gasteiger partial charge is 0.251 e. The van der Waals surface area contributed by atoms with E-state index in [1.807, 2.05) is 25.1 Å². The number of rotatable bonds is 8. The summed E-state index contributed by atoms with van der Waals surface area (Å²) in [6, 6.07) is 11.8. The minimum atomic E-state index is -0.262. The molecule has 0 aromatic heterocycles. The van der Waals surface area contributed by atoms with Crippen molar-refractivity contribution in [3.63, 3.8) is 0 Å². The Kier molecular flexibility index (Phi) is 6.95. The topological polar surface area (TPSA) is 84.9 Å². The first-order valence-corrected chi connectivity index (χ1v) is 10.4. The number of hydrogen-bond donors (Lipinski definition) is 1. The number of amides is 3. The van der Waals surface area contributed by atoms with Crippen LogP contribution < -0.4 is 19.7 Å². The molecular weight excluding hydrogens is 396 g/mol. The summed E-state index contributed by atoms with van der Waals surface area (Å²) < 4.78 is 11.2. The second-order valence-electron chi connectivity index (χ2n) is 7.98. The average Bonchev–Trinajstić information content (AvgIpc) is 3.10. The number of methoxy groups -OCH3 is 1. The van der Waals surface area contributed by atoms with Gasteiger partial charge in [0, 0.05) is 18.4 Å². The molecule has 3 amide bonds. The monoisotopic (exact) mass is 424 g/mol. The van der Waals surface area contributed by atoms with E-state index in [1.165, 1.54) is 4.90 Å². The molecule has 1 saturated heterocycles. The summed E-state index contributed by atoms with van der Waals surface area (Å²) in [4.78, 5) is 37.6. The molecule has 1 unspecified atom stereocenters. The van der Waals surface area contributed by atoms with Crippen LogP contribution in [0.25, 0.3) is 0 Å². The zero-order chi connectivity index (χ0) is 22.5. The molecule has 0 radical (unpaired) electrons. The van der Waals surface area contributed by atoms with Gasteiger partial charge in [0.1, 0.15) is 0 Å². The quantitative estimate of drug-likeness (QED) is 0.650. The van der Waals surface area contributed by atoms with Crippen molar-refractivity contribution in [2.75, 3.05) is 18.6 Å². The van der Waals surface area contributed by atoms with E-state index in [0.29, 0.717) is 35.3 Å². The van der Waals surface area contributed by atoms with Gasteiger partial charge in [0.15, 0.2) is 11.5 Å². The second-order valence-corrected chi connectivity index (χ2v) is 7.98. The highest BCUT2D eigenvalue weighted by atomic mass is 16.5. The molecule has 1 aliphatic rings. The third kappa shape index (κ3) is 5.23. The Morgan fingerprint density at radius 1 is 1.00 bits per heavy atom. The van der Waals surface area contributed by atoms with Gasteiger partial charge < -0.3 is 14.8 Å². The highest BCUT2D eigenvalue weighted by Gasteiger charge is 2.30. The standard InChI is InChI=1S/C24H28N2O5/c1-15(2)14-31-20-10-7-18(13-21(20)30-4)16(3)25-24(29)17-5-8-19(9-6-17)26-22(27)11-12-23(26)28/h5-10,13,15-16H,11-12,14H2,1-4H3,(H,25,29). The molecule has 1 N–H and O–H groups in total. The molecule has 1 heterocycles. The van der Waals surface area contributed by atoms with Gasteiger partial charge in [-0.25, -0.2) is 0 Å². The average molecular weight is 424 g/mol. The number of carbonyl (C=O) groups excluding carboxylic acids is 3. The summed E-state index contributed by atoms with van der Waals surface area (Å²) in [5.41, 5.74) is 1.81. The molecule has 0 bridgehead atoms. The molecular formula is C24H28N2O5. The van der Waals surface area contributed by atoms with Crippen LogP contribution in [0.3, 0.4) is 0 Å². The number of benzene rings is 2. The molecule has 7 heteroatoms. The van der Waals surface area contributed by atoms with Gasteiger partial charge in [0.2, 0.25) is 11.8 Å². The van der Waals surface area contributed by atoms with Crippen LogP contribution in [0.2, 0.25) is 0 Å². The highest BCUT2D eigenvalue weighted by molar-refractivity contribution is 6.19. The largest absolute Gasteiger partial charge is 0.493 e. The number of imide groups is 1. The van der Waals surface area contributed by atoms with Crippen molar-refractivity contribution in [3.05, 3.63) is 53.6 Å². The first-order chi connectivity index (χ1) is 14.8. The van der Waals surface area contributed by atoms with Crippen molar-refractivity contribution in [2.45, 2.75) is 39.7 Å². The van der Waals surface area contributed by atoms with Gasteiger partial charge in [-0.05, 0) is 54.8 Å². The van der Waals surface area contributed by atoms with Gasteiger partial charge in [0.25, 0.3) is 5.91 Å². The van der Waals surface area contributed by atoms with Crippen LogP contribution in [0, 0.1) is 5.92 Å². The first kappa shape index (κ1) is 22.3. The molecule has 7 nitrogen and oxygen atoms in total. The predicted molar refractivity (Wildman–Crippen MR) is 117 cm³/mol. The maximum Gasteiger partial charge on any atom is 0.251 e. The van der Waals surface area contributed by atoms with E-state index in [9.17, 15) is 14.4 Å². The number of hydrogen-bond acceptors (Lipinski definition) is 5. The SMILES string of the molecule is COc1cc(C(C)NC(=O)c2ccc(N3C(=O)CCC3=O)cc2)ccc1OCC(C)C. The Morgan fingerprint density at radius 2 is 1.65 bits per heavy atom. The molecule has 1 atom stereocenters. The lowest BCUT2D eigenvalue weighted by molar-refractivity contribution is -0.121. The summed E-state index contributed by atoms with van der Waals surface area (Å²) >= 11 is 0. The Balaban J connectivity index is 1.67. The number of ether oxygens (including phenoxy) is 2. The fourth-order valence-electron chi connectivity index (χ4n) is 3.32. The molecule has 2 aromatic carbocycles. The van der Waals surface area contributed by atoms with Crippen molar-refractivity contribution in [2.24, 2.45) is 5.92 Å². The zero-order valence-corrected chi connectivity index (χ0v) is 18.3. The summed E-state index contributed by atoms with van der Waals surface area (Å²) in [7, 11) is 1.59. The van der Waals surface area contributed by atoms with E-state index in [-0.39, 0.29) is 36.6 Å². The molecule has 2 aromatic rings. The van der Waals surface area contributed by atoms with Crippen molar-refractivity contribution in [1.29, 1.82) is 0 Å². The van der Waals surface area contributed by atoms with E-state index >= 15 is 0 Å². The predicted octanol–water partition coefficient (Wildman–Crippen LogP) is 3.87. The molecule has 164 valence electrons. The summed E-state index contributed by atoms with van der Waals surface area (Å²) in [5.74, 6) is 0.993. The van der Waals surface area contributed by atoms with Crippen LogP contribution in [-0.4, -0.2) is 31.4 Å². The number of carbonyl (C=O) groups is 3. The summed E-state index contributed by atoms with van der Waals surface area (Å²) in [6.45, 7) is 6.63. The van der Waals surface area contributed by atoms with Crippen molar-refractivity contribution in [1.82, 2.24) is 5.32 Å². The Hall–Kier alpha value is -3.35. The fraction of sp³-hybridized carbons (Fsp3) is 0.375. The van der Waals surface area contributed by atoms with Crippen molar-refractivity contribution in [3.8, 4) is 11.5 Å². The van der Waals surface area contributed by atoms with Gasteiger partial charge in [-0.15, -0.1) is 0 Å². The Labute approximate surface area is 182 Å². The molecule has 1 aliphatic heterocycles. The van der Waals surface area contributed by atoms with Crippen LogP contribution in [0.4, 0.5) is 5.69 Å². The van der Waals surface area contributed by atoms with E-state index in [1.54, 1.807) is 31.4 Å². The van der Waals surface area contributed by atoms with Gasteiger partial charge in [-0.2, -0.15) is 0 Å². The Bertz CT molecular complexity index is 952. The summed E-state index contributed by atoms with van der Waals surface area (Å²) in [6.07, 6.45) is 0.451. The minimum absolute atomic E-state index is 0.217. The lowest BCUT2D eigenvalue weighted by Crippen LogP contribution is -2.29. The third-order valence-electron chi connectivity index (χ3n) is 5.05. The highest BCUT2D eigenvalue weighted by Crippen LogP contribution is 2.31. The van der Waals surface area contributed by atoms with E-state index in [2.05, 4.69) is 19.2 Å². The van der Waals surface area contributed by atoms with Gasteiger partial charge in [-0.1, -0.05) is 19.9 Å². The maximum absolute atomic E-state index is 12.7. The molecule has 0 saturated carbocycles. The summed E-state index contributed by atoms with van der Waals surface area (Å²) in [5, 5.41) is 2.96. The van der Waals surface area contributed by atoms with Crippen LogP contribution in [-0.2, 0) is 9.59 Å². The fourth-order valence-corrected chi connectivity index (χ4v) is 3.32. The minimum Gasteiger partial charge on any atom is -0.493 e. The van der Waals surface area contributed by atoms with Gasteiger partial charge >= 0.3 is 0 Å². The van der Waals surface area contributed by atoms with Crippen LogP contribution in [0.1, 0.15) is 55.6 Å². The van der Waals surface area contributed by atoms with E-state index < -0.39 is 0 Å². The Morgan fingerprint density at radius 3 is 2.23 bits per heavy atom. The second kappa shape index (κ2) is 9.64. The molecule has 3 rings (SSSR count). The number of anilines is 1. The third-order valence-corrected chi connectivity index (χ3v) is 5.05. The van der Waals surface area contributed by atoms with Crippen LogP contribution in [0.5, 0.6) is 11.5 Å². The van der Waals surface area contributed by atoms with Crippen molar-refractivity contribution >= 4 is 23.4 Å². The lowest BCUT2D eigenvalue weighted by Gasteiger charge is -2.18. The maximum atomic E-state index is 12.7. The molecule has 0 spiro atoms. The normalized spacial score (nSPS) is 14.7. The van der Waals surface area contributed by atoms with Gasteiger partial charge in [-0.3, -0.25) is 19.3 Å². The molecule has 1 fully saturated rings. The zero-order valence-electron chi connectivity index (χ0n) is 18.3. The number of nitrogens with zero attached hydrogens (tertiary/aromatic N) is 1. The van der Waals surface area contributed by atoms with E-state index in [0.717, 1.165) is 5.56 Å². The van der Waals surface area contributed by atoms with Crippen LogP contribution >= 0.6 is 0 Å². The first-order valence-electron chi connectivity index (χ1n) is 10.4. The number of nitrogens with one attached hydrogen (secondary N) is 1. The van der Waals surface area contributed by atoms with Crippen molar-refractivity contribution < 1.29 is 23.9 Å². The molecule has 0 aliphatic carbocycles. The van der Waals surface area contributed by atoms with Crippen LogP contribution in [0.15, 0.2) is 42.5 Å². The molecule has 31 heavy (non-hydrogen) atoms. The van der Waals surface area contributed by atoms with Gasteiger partial charge in [0.05, 0.1) is 25.4 Å². The van der Waals surface area contributed by atoms with E-state index in [4.69, 9.17) is 9.47 Å². The lowest BCUT2D eigenvalue weighted by atomic mass is 10.1.